The fraction of sp³-hybridized carbons (Fsp3) is 0.150. The van der Waals surface area contributed by atoms with E-state index in [1.54, 1.807) is 12.1 Å². The summed E-state index contributed by atoms with van der Waals surface area (Å²) in [5, 5.41) is 18.2. The number of benzene rings is 2. The Hall–Kier alpha value is -3.21. The van der Waals surface area contributed by atoms with E-state index in [1.807, 2.05) is 59.6 Å². The molecule has 1 aliphatic carbocycles. The highest BCUT2D eigenvalue weighted by atomic mass is 16.6. The molecule has 5 nitrogen and oxygen atoms in total. The Kier molecular flexibility index (Phi) is 3.90. The van der Waals surface area contributed by atoms with E-state index in [4.69, 9.17) is 5.10 Å². The lowest BCUT2D eigenvalue weighted by molar-refractivity contribution is -0.385. The predicted octanol–water partition coefficient (Wildman–Crippen LogP) is 4.64. The topological polar surface area (TPSA) is 58.7 Å². The van der Waals surface area contributed by atoms with Crippen LogP contribution in [-0.4, -0.2) is 10.6 Å². The second-order valence-electron chi connectivity index (χ2n) is 6.10. The number of hydrogen-bond donors (Lipinski definition) is 0. The van der Waals surface area contributed by atoms with E-state index >= 15 is 0 Å². The Labute approximate surface area is 145 Å². The summed E-state index contributed by atoms with van der Waals surface area (Å²) in [5.41, 5.74) is 2.80. The normalized spacial score (nSPS) is 19.4. The van der Waals surface area contributed by atoms with Gasteiger partial charge in [-0.15, -0.1) is 0 Å². The summed E-state index contributed by atoms with van der Waals surface area (Å²) in [6.45, 7) is 0. The van der Waals surface area contributed by atoms with E-state index in [0.29, 0.717) is 12.0 Å². The molecule has 124 valence electrons. The minimum absolute atomic E-state index is 0.141. The van der Waals surface area contributed by atoms with E-state index in [0.717, 1.165) is 11.4 Å². The quantitative estimate of drug-likeness (QED) is 0.605. The number of allylic oxidation sites excluding steroid dienone is 4. The van der Waals surface area contributed by atoms with Crippen molar-refractivity contribution in [3.63, 3.8) is 0 Å². The molecular formula is C20H17N3O2. The monoisotopic (exact) mass is 331 g/mol. The maximum atomic E-state index is 11.5. The van der Waals surface area contributed by atoms with Crippen molar-refractivity contribution >= 4 is 17.1 Å². The van der Waals surface area contributed by atoms with E-state index in [1.165, 1.54) is 0 Å². The number of nitrogens with zero attached hydrogens (tertiary/aromatic N) is 3. The van der Waals surface area contributed by atoms with Crippen LogP contribution in [0.5, 0.6) is 0 Å². The van der Waals surface area contributed by atoms with Crippen molar-refractivity contribution in [1.82, 2.24) is 0 Å². The number of nitro groups is 1. The minimum Gasteiger partial charge on any atom is -0.258 e. The lowest BCUT2D eigenvalue weighted by Gasteiger charge is -2.23. The Morgan fingerprint density at radius 2 is 1.68 bits per heavy atom. The number of hydrogen-bond acceptors (Lipinski definition) is 4. The molecule has 0 N–H and O–H groups in total. The average molecular weight is 331 g/mol. The van der Waals surface area contributed by atoms with Crippen molar-refractivity contribution in [3.8, 4) is 0 Å². The van der Waals surface area contributed by atoms with Crippen LogP contribution in [0.2, 0.25) is 0 Å². The molecular weight excluding hydrogens is 314 g/mol. The number of rotatable bonds is 4. The van der Waals surface area contributed by atoms with Crippen molar-refractivity contribution in [2.24, 2.45) is 11.0 Å². The highest BCUT2D eigenvalue weighted by molar-refractivity contribution is 5.94. The molecule has 1 heterocycles. The first-order valence-electron chi connectivity index (χ1n) is 8.24. The summed E-state index contributed by atoms with van der Waals surface area (Å²) in [7, 11) is 0. The van der Waals surface area contributed by atoms with Crippen LogP contribution in [-0.2, 0) is 0 Å². The molecule has 0 saturated carbocycles. The third-order valence-electron chi connectivity index (χ3n) is 4.58. The zero-order chi connectivity index (χ0) is 17.2. The van der Waals surface area contributed by atoms with Gasteiger partial charge in [0.25, 0.3) is 5.69 Å². The SMILES string of the molecule is O=[N+]([O-])c1ccccc1C1CC(C2C=CC=C2)=NN1c1ccccc1. The molecule has 0 amide bonds. The molecule has 2 aromatic carbocycles. The van der Waals surface area contributed by atoms with Gasteiger partial charge in [-0.25, -0.2) is 0 Å². The Bertz CT molecular complexity index is 875. The molecule has 0 bridgehead atoms. The van der Waals surface area contributed by atoms with Gasteiger partial charge < -0.3 is 0 Å². The van der Waals surface area contributed by atoms with Crippen LogP contribution >= 0.6 is 0 Å². The van der Waals surface area contributed by atoms with E-state index < -0.39 is 0 Å². The highest BCUT2D eigenvalue weighted by Gasteiger charge is 2.35. The standard InChI is InChI=1S/C20H17N3O2/c24-23(25)19-13-7-6-12-17(19)20-14-18(15-8-4-5-9-15)21-22(20)16-10-2-1-3-11-16/h1-13,15,20H,14H2. The van der Waals surface area contributed by atoms with Crippen LogP contribution in [0.3, 0.4) is 0 Å². The summed E-state index contributed by atoms with van der Waals surface area (Å²) in [5.74, 6) is 0.166. The molecule has 0 spiro atoms. The molecule has 0 radical (unpaired) electrons. The van der Waals surface area contributed by atoms with Gasteiger partial charge in [0.05, 0.1) is 27.9 Å². The van der Waals surface area contributed by atoms with Crippen LogP contribution in [0.15, 0.2) is 84.0 Å². The minimum atomic E-state index is -0.314. The molecule has 0 fully saturated rings. The number of hydrazone groups is 1. The summed E-state index contributed by atoms with van der Waals surface area (Å²) in [6, 6.07) is 16.6. The Balaban J connectivity index is 1.77. The third-order valence-corrected chi connectivity index (χ3v) is 4.58. The van der Waals surface area contributed by atoms with Crippen molar-refractivity contribution in [2.75, 3.05) is 5.01 Å². The molecule has 1 unspecified atom stereocenters. The molecule has 0 aromatic heterocycles. The number of para-hydroxylation sites is 2. The van der Waals surface area contributed by atoms with Gasteiger partial charge in [0.2, 0.25) is 0 Å². The first kappa shape index (κ1) is 15.3. The van der Waals surface area contributed by atoms with Gasteiger partial charge in [0, 0.05) is 18.4 Å². The van der Waals surface area contributed by atoms with E-state index in [2.05, 4.69) is 12.2 Å². The van der Waals surface area contributed by atoms with E-state index in [9.17, 15) is 10.1 Å². The maximum Gasteiger partial charge on any atom is 0.274 e. The fourth-order valence-corrected chi connectivity index (χ4v) is 3.39. The predicted molar refractivity (Wildman–Crippen MR) is 98.6 cm³/mol. The Morgan fingerprint density at radius 1 is 1.00 bits per heavy atom. The van der Waals surface area contributed by atoms with Gasteiger partial charge in [-0.2, -0.15) is 5.10 Å². The first-order valence-corrected chi connectivity index (χ1v) is 8.24. The molecule has 0 saturated heterocycles. The van der Waals surface area contributed by atoms with Crippen LogP contribution in [0, 0.1) is 16.0 Å². The van der Waals surface area contributed by atoms with E-state index in [-0.39, 0.29) is 22.6 Å². The van der Waals surface area contributed by atoms with Gasteiger partial charge in [-0.05, 0) is 18.2 Å². The molecule has 2 aliphatic rings. The first-order chi connectivity index (χ1) is 12.2. The third kappa shape index (κ3) is 2.85. The molecule has 4 rings (SSSR count). The van der Waals surface area contributed by atoms with Crippen molar-refractivity contribution in [2.45, 2.75) is 12.5 Å². The summed E-state index contributed by atoms with van der Waals surface area (Å²) in [6.07, 6.45) is 8.89. The summed E-state index contributed by atoms with van der Waals surface area (Å²) >= 11 is 0. The average Bonchev–Trinajstić information content (AvgIpc) is 3.32. The smallest absolute Gasteiger partial charge is 0.258 e. The molecule has 1 atom stereocenters. The van der Waals surface area contributed by atoms with Crippen molar-refractivity contribution in [1.29, 1.82) is 0 Å². The van der Waals surface area contributed by atoms with Crippen molar-refractivity contribution < 1.29 is 4.92 Å². The van der Waals surface area contributed by atoms with Crippen LogP contribution in [0.1, 0.15) is 18.0 Å². The molecule has 5 heteroatoms. The largest absolute Gasteiger partial charge is 0.274 e. The van der Waals surface area contributed by atoms with Gasteiger partial charge in [0.15, 0.2) is 0 Å². The summed E-state index contributed by atoms with van der Waals surface area (Å²) < 4.78 is 0. The lowest BCUT2D eigenvalue weighted by Crippen LogP contribution is -2.19. The van der Waals surface area contributed by atoms with Gasteiger partial charge in [-0.3, -0.25) is 15.1 Å². The number of nitro benzene ring substituents is 1. The van der Waals surface area contributed by atoms with Gasteiger partial charge in [-0.1, -0.05) is 54.6 Å². The van der Waals surface area contributed by atoms with Gasteiger partial charge >= 0.3 is 0 Å². The lowest BCUT2D eigenvalue weighted by atomic mass is 9.94. The maximum absolute atomic E-state index is 11.5. The molecule has 2 aromatic rings. The highest BCUT2D eigenvalue weighted by Crippen LogP contribution is 2.40. The van der Waals surface area contributed by atoms with Crippen molar-refractivity contribution in [3.05, 3.63) is 94.6 Å². The van der Waals surface area contributed by atoms with Crippen LogP contribution < -0.4 is 5.01 Å². The zero-order valence-corrected chi connectivity index (χ0v) is 13.5. The van der Waals surface area contributed by atoms with Crippen LogP contribution in [0.25, 0.3) is 0 Å². The zero-order valence-electron chi connectivity index (χ0n) is 13.5. The molecule has 1 aliphatic heterocycles. The number of anilines is 1. The second kappa shape index (κ2) is 6.36. The van der Waals surface area contributed by atoms with Gasteiger partial charge in [0.1, 0.15) is 0 Å². The van der Waals surface area contributed by atoms with Crippen LogP contribution in [0.4, 0.5) is 11.4 Å². The Morgan fingerprint density at radius 3 is 2.40 bits per heavy atom. The second-order valence-corrected chi connectivity index (χ2v) is 6.10. The summed E-state index contributed by atoms with van der Waals surface area (Å²) in [4.78, 5) is 11.2. The molecule has 25 heavy (non-hydrogen) atoms. The fourth-order valence-electron chi connectivity index (χ4n) is 3.39.